The van der Waals surface area contributed by atoms with Crippen LogP contribution in [0, 0.1) is 13.8 Å². The summed E-state index contributed by atoms with van der Waals surface area (Å²) in [6.45, 7) is 8.54. The van der Waals surface area contributed by atoms with Gasteiger partial charge in [-0.1, -0.05) is 88.4 Å². The average Bonchev–Trinajstić information content (AvgIpc) is 3.47. The first-order chi connectivity index (χ1) is 21.1. The zero-order chi connectivity index (χ0) is 30.0. The smallest absolute Gasteiger partial charge is 0.0488 e. The lowest BCUT2D eigenvalue weighted by Gasteiger charge is -2.10. The van der Waals surface area contributed by atoms with Crippen LogP contribution in [0.3, 0.4) is 0 Å². The Labute approximate surface area is 263 Å². The summed E-state index contributed by atoms with van der Waals surface area (Å²) in [7, 11) is 5.86. The third-order valence-corrected chi connectivity index (χ3v) is 10.2. The monoisotopic (exact) mass is 604 g/mol. The second-order valence-electron chi connectivity index (χ2n) is 10.3. The molecule has 4 nitrogen and oxygen atoms in total. The van der Waals surface area contributed by atoms with E-state index >= 15 is 0 Å². The van der Waals surface area contributed by atoms with E-state index < -0.39 is 0 Å². The van der Waals surface area contributed by atoms with E-state index in [0.717, 1.165) is 30.2 Å². The summed E-state index contributed by atoms with van der Waals surface area (Å²) in [6.07, 6.45) is 18.8. The number of allylic oxidation sites excluding steroid dienone is 4. The Bertz CT molecular complexity index is 1790. The van der Waals surface area contributed by atoms with E-state index in [1.165, 1.54) is 49.9 Å². The van der Waals surface area contributed by atoms with Gasteiger partial charge in [-0.05, 0) is 68.4 Å². The highest BCUT2D eigenvalue weighted by atomic mass is 33.1. The van der Waals surface area contributed by atoms with Crippen LogP contribution in [0.25, 0.3) is 40.0 Å². The molecule has 5 rings (SSSR count). The second-order valence-corrected chi connectivity index (χ2v) is 13.0. The van der Waals surface area contributed by atoms with Crippen molar-refractivity contribution < 1.29 is 0 Å². The number of rotatable bonds is 13. The van der Waals surface area contributed by atoms with Crippen molar-refractivity contribution in [3.8, 4) is 0 Å². The Morgan fingerprint density at radius 3 is 1.86 bits per heavy atom. The quantitative estimate of drug-likeness (QED) is 0.0825. The van der Waals surface area contributed by atoms with Crippen LogP contribution in [0.1, 0.15) is 35.0 Å². The molecule has 0 spiro atoms. The molecule has 0 unspecified atom stereocenters. The highest BCUT2D eigenvalue weighted by Crippen LogP contribution is 2.31. The predicted molar refractivity (Wildman–Crippen MR) is 192 cm³/mol. The van der Waals surface area contributed by atoms with Gasteiger partial charge in [0.15, 0.2) is 0 Å². The van der Waals surface area contributed by atoms with Crippen molar-refractivity contribution in [1.29, 1.82) is 0 Å². The van der Waals surface area contributed by atoms with Crippen molar-refractivity contribution in [2.45, 2.75) is 33.9 Å². The SMILES string of the molecule is C/C=C(\C=C/NC)/C=C/c1c(C)n(CCSSCCn2c(C)c(/C=C/c3ccncc3)c3ccccc32)c2ccccc12. The molecular weight excluding hydrogens is 565 g/mol. The van der Waals surface area contributed by atoms with Crippen molar-refractivity contribution in [3.05, 3.63) is 131 Å². The molecule has 0 bridgehead atoms. The Kier molecular flexibility index (Phi) is 10.7. The number of aryl methyl sites for hydroxylation is 2. The van der Waals surface area contributed by atoms with E-state index in [9.17, 15) is 0 Å². The topological polar surface area (TPSA) is 34.8 Å². The van der Waals surface area contributed by atoms with Gasteiger partial charge in [0.25, 0.3) is 0 Å². The lowest BCUT2D eigenvalue weighted by Crippen LogP contribution is -2.03. The summed E-state index contributed by atoms with van der Waals surface area (Å²) in [6, 6.07) is 21.6. The van der Waals surface area contributed by atoms with Crippen LogP contribution in [0.4, 0.5) is 0 Å². The van der Waals surface area contributed by atoms with Crippen LogP contribution in [-0.2, 0) is 13.1 Å². The molecule has 5 aromatic rings. The molecule has 1 N–H and O–H groups in total. The van der Waals surface area contributed by atoms with Gasteiger partial charge < -0.3 is 14.5 Å². The Morgan fingerprint density at radius 2 is 1.30 bits per heavy atom. The molecule has 0 aliphatic rings. The molecule has 3 heterocycles. The fourth-order valence-electron chi connectivity index (χ4n) is 5.55. The minimum absolute atomic E-state index is 0.989. The molecule has 0 atom stereocenters. The summed E-state index contributed by atoms with van der Waals surface area (Å²) in [5, 5.41) is 5.69. The summed E-state index contributed by atoms with van der Waals surface area (Å²) in [4.78, 5) is 4.13. The zero-order valence-electron chi connectivity index (χ0n) is 25.5. The fourth-order valence-corrected chi connectivity index (χ4v) is 7.45. The van der Waals surface area contributed by atoms with Crippen LogP contribution in [-0.4, -0.2) is 32.7 Å². The molecule has 2 aromatic carbocycles. The van der Waals surface area contributed by atoms with Crippen LogP contribution < -0.4 is 5.32 Å². The van der Waals surface area contributed by atoms with Gasteiger partial charge in [-0.25, -0.2) is 0 Å². The second kappa shape index (κ2) is 15.0. The van der Waals surface area contributed by atoms with E-state index in [4.69, 9.17) is 0 Å². The van der Waals surface area contributed by atoms with Crippen molar-refractivity contribution in [3.63, 3.8) is 0 Å². The maximum atomic E-state index is 4.13. The van der Waals surface area contributed by atoms with E-state index in [1.807, 2.05) is 59.4 Å². The van der Waals surface area contributed by atoms with Gasteiger partial charge in [0.05, 0.1) is 0 Å². The minimum Gasteiger partial charge on any atom is -0.394 e. The summed E-state index contributed by atoms with van der Waals surface area (Å²) in [5.41, 5.74) is 10.2. The molecule has 0 saturated carbocycles. The number of nitrogens with one attached hydrogen (secondary N) is 1. The van der Waals surface area contributed by atoms with E-state index in [1.54, 1.807) is 0 Å². The zero-order valence-corrected chi connectivity index (χ0v) is 27.1. The number of pyridine rings is 1. The van der Waals surface area contributed by atoms with E-state index in [-0.39, 0.29) is 0 Å². The Hall–Kier alpha value is -3.87. The van der Waals surface area contributed by atoms with Gasteiger partial charge in [0.2, 0.25) is 0 Å². The third-order valence-electron chi connectivity index (χ3n) is 7.81. The number of para-hydroxylation sites is 2. The van der Waals surface area contributed by atoms with Gasteiger partial charge in [0, 0.05) is 88.4 Å². The summed E-state index contributed by atoms with van der Waals surface area (Å²) >= 11 is 0. The predicted octanol–water partition coefficient (Wildman–Crippen LogP) is 9.55. The normalized spacial score (nSPS) is 12.6. The highest BCUT2D eigenvalue weighted by molar-refractivity contribution is 8.76. The number of nitrogens with zero attached hydrogens (tertiary/aromatic N) is 3. The maximum Gasteiger partial charge on any atom is 0.0488 e. The first-order valence-electron chi connectivity index (χ1n) is 14.8. The molecule has 6 heteroatoms. The molecule has 3 aromatic heterocycles. The number of aromatic nitrogens is 3. The van der Waals surface area contributed by atoms with Gasteiger partial charge in [-0.15, -0.1) is 0 Å². The average molecular weight is 605 g/mol. The molecule has 0 radical (unpaired) electrons. The Balaban J connectivity index is 1.22. The first-order valence-corrected chi connectivity index (χ1v) is 17.3. The lowest BCUT2D eigenvalue weighted by atomic mass is 10.1. The molecular formula is C37H40N4S2. The molecule has 0 amide bonds. The van der Waals surface area contributed by atoms with Crippen molar-refractivity contribution in [2.24, 2.45) is 0 Å². The van der Waals surface area contributed by atoms with Crippen LogP contribution in [0.15, 0.2) is 103 Å². The molecule has 0 aliphatic carbocycles. The number of hydrogen-bond donors (Lipinski definition) is 1. The van der Waals surface area contributed by atoms with Gasteiger partial charge in [0.1, 0.15) is 0 Å². The molecule has 43 heavy (non-hydrogen) atoms. The Morgan fingerprint density at radius 1 is 0.744 bits per heavy atom. The molecule has 220 valence electrons. The van der Waals surface area contributed by atoms with Crippen LogP contribution >= 0.6 is 21.6 Å². The molecule has 0 saturated heterocycles. The molecule has 0 fully saturated rings. The number of fused-ring (bicyclic) bond motifs is 2. The standard InChI is InChI=1S/C37H40N4S2/c1-5-30(18-21-38-4)14-16-32-28(2)40(36-12-8-6-10-34(32)36)24-26-42-43-27-25-41-29(3)33(35-11-7-9-13-37(35)41)17-15-31-19-22-39-23-20-31/h5-23,38H,24-27H2,1-4H3/b16-14+,17-15+,21-18-,30-5-. The highest BCUT2D eigenvalue weighted by Gasteiger charge is 2.13. The van der Waals surface area contributed by atoms with Gasteiger partial charge in [-0.2, -0.15) is 0 Å². The van der Waals surface area contributed by atoms with Gasteiger partial charge >= 0.3 is 0 Å². The maximum absolute atomic E-state index is 4.13. The lowest BCUT2D eigenvalue weighted by molar-refractivity contribution is 0.777. The fraction of sp³-hybridized carbons (Fsp3) is 0.216. The summed E-state index contributed by atoms with van der Waals surface area (Å²) in [5.74, 6) is 2.12. The largest absolute Gasteiger partial charge is 0.394 e. The van der Waals surface area contributed by atoms with E-state index in [2.05, 4.69) is 125 Å². The number of hydrogen-bond acceptors (Lipinski definition) is 4. The minimum atomic E-state index is 0.989. The van der Waals surface area contributed by atoms with Crippen molar-refractivity contribution >= 4 is 61.6 Å². The van der Waals surface area contributed by atoms with E-state index in [0.29, 0.717) is 0 Å². The van der Waals surface area contributed by atoms with Crippen molar-refractivity contribution in [1.82, 2.24) is 19.4 Å². The molecule has 0 aliphatic heterocycles. The van der Waals surface area contributed by atoms with Crippen LogP contribution in [0.2, 0.25) is 0 Å². The van der Waals surface area contributed by atoms with Gasteiger partial charge in [-0.3, -0.25) is 4.98 Å². The number of benzene rings is 2. The van der Waals surface area contributed by atoms with Crippen LogP contribution in [0.5, 0.6) is 0 Å². The summed E-state index contributed by atoms with van der Waals surface area (Å²) < 4.78 is 4.95. The third kappa shape index (κ3) is 7.20. The first kappa shape index (κ1) is 30.6. The van der Waals surface area contributed by atoms with Crippen molar-refractivity contribution in [2.75, 3.05) is 18.6 Å².